The van der Waals surface area contributed by atoms with Crippen LogP contribution in [-0.4, -0.2) is 17.9 Å². The van der Waals surface area contributed by atoms with Gasteiger partial charge in [-0.1, -0.05) is 28.1 Å². The Morgan fingerprint density at radius 1 is 1.25 bits per heavy atom. The molecule has 0 radical (unpaired) electrons. The maximum Gasteiger partial charge on any atom is 0.254 e. The van der Waals surface area contributed by atoms with Gasteiger partial charge in [0.05, 0.1) is 5.69 Å². The molecule has 0 fully saturated rings. The summed E-state index contributed by atoms with van der Waals surface area (Å²) in [6.07, 6.45) is 0. The minimum atomic E-state index is -0.576. The van der Waals surface area contributed by atoms with Crippen molar-refractivity contribution in [1.29, 1.82) is 0 Å². The first kappa shape index (κ1) is 14.5. The number of carbonyl (C=O) groups is 1. The van der Waals surface area contributed by atoms with Crippen molar-refractivity contribution >= 4 is 27.5 Å². The maximum atomic E-state index is 13.4. The van der Waals surface area contributed by atoms with Crippen molar-refractivity contribution in [2.75, 3.05) is 12.8 Å². The third-order valence-corrected chi connectivity index (χ3v) is 3.46. The summed E-state index contributed by atoms with van der Waals surface area (Å²) in [5.41, 5.74) is 6.73. The second-order valence-corrected chi connectivity index (χ2v) is 5.44. The van der Waals surface area contributed by atoms with E-state index >= 15 is 0 Å². The topological polar surface area (TPSA) is 46.3 Å². The number of rotatable bonds is 3. The smallest absolute Gasteiger partial charge is 0.254 e. The van der Waals surface area contributed by atoms with Gasteiger partial charge < -0.3 is 10.6 Å². The summed E-state index contributed by atoms with van der Waals surface area (Å²) >= 11 is 3.36. The normalized spacial score (nSPS) is 10.3. The highest BCUT2D eigenvalue weighted by Gasteiger charge is 2.13. The van der Waals surface area contributed by atoms with Crippen LogP contribution in [0.4, 0.5) is 10.1 Å². The molecule has 2 rings (SSSR count). The van der Waals surface area contributed by atoms with Crippen LogP contribution in [0.25, 0.3) is 0 Å². The van der Waals surface area contributed by atoms with Gasteiger partial charge in [-0.15, -0.1) is 0 Å². The molecule has 0 saturated carbocycles. The maximum absolute atomic E-state index is 13.4. The lowest BCUT2D eigenvalue weighted by molar-refractivity contribution is 0.0784. The Morgan fingerprint density at radius 2 is 1.90 bits per heavy atom. The van der Waals surface area contributed by atoms with E-state index in [2.05, 4.69) is 15.9 Å². The molecule has 0 heterocycles. The number of nitrogens with zero attached hydrogens (tertiary/aromatic N) is 1. The Hall–Kier alpha value is -1.88. The number of anilines is 1. The molecule has 104 valence electrons. The number of nitrogens with two attached hydrogens (primary N) is 1. The number of amides is 1. The van der Waals surface area contributed by atoms with Crippen LogP contribution in [0.1, 0.15) is 15.9 Å². The SMILES string of the molecule is CN(Cc1ccc(Br)cc1)C(=O)c1ccc(N)c(F)c1. The zero-order chi connectivity index (χ0) is 14.7. The molecule has 20 heavy (non-hydrogen) atoms. The number of benzene rings is 2. The van der Waals surface area contributed by atoms with E-state index in [0.717, 1.165) is 16.1 Å². The van der Waals surface area contributed by atoms with Crippen molar-refractivity contribution in [1.82, 2.24) is 4.90 Å². The molecule has 2 aromatic carbocycles. The zero-order valence-electron chi connectivity index (χ0n) is 10.9. The van der Waals surface area contributed by atoms with Gasteiger partial charge in [-0.25, -0.2) is 4.39 Å². The van der Waals surface area contributed by atoms with Crippen molar-refractivity contribution in [3.05, 3.63) is 63.9 Å². The van der Waals surface area contributed by atoms with Crippen molar-refractivity contribution in [2.24, 2.45) is 0 Å². The van der Waals surface area contributed by atoms with E-state index < -0.39 is 5.82 Å². The number of nitrogen functional groups attached to an aromatic ring is 1. The lowest BCUT2D eigenvalue weighted by Gasteiger charge is -2.17. The molecular formula is C15H14BrFN2O. The average molecular weight is 337 g/mol. The first-order valence-corrected chi connectivity index (χ1v) is 6.81. The molecule has 2 aromatic rings. The van der Waals surface area contributed by atoms with Crippen molar-refractivity contribution in [3.8, 4) is 0 Å². The Labute approximate surface area is 125 Å². The molecule has 1 amide bonds. The summed E-state index contributed by atoms with van der Waals surface area (Å²) < 4.78 is 14.4. The second-order valence-electron chi connectivity index (χ2n) is 4.52. The summed E-state index contributed by atoms with van der Waals surface area (Å²) in [4.78, 5) is 13.7. The van der Waals surface area contributed by atoms with Crippen LogP contribution in [0, 0.1) is 5.82 Å². The van der Waals surface area contributed by atoms with E-state index in [1.54, 1.807) is 7.05 Å². The van der Waals surface area contributed by atoms with Gasteiger partial charge in [-0.2, -0.15) is 0 Å². The first-order valence-electron chi connectivity index (χ1n) is 6.02. The van der Waals surface area contributed by atoms with Gasteiger partial charge in [-0.05, 0) is 35.9 Å². The van der Waals surface area contributed by atoms with E-state index in [4.69, 9.17) is 5.73 Å². The summed E-state index contributed by atoms with van der Waals surface area (Å²) in [5, 5.41) is 0. The zero-order valence-corrected chi connectivity index (χ0v) is 12.5. The Kier molecular flexibility index (Phi) is 4.39. The molecular weight excluding hydrogens is 323 g/mol. The molecule has 0 aliphatic carbocycles. The molecule has 0 aliphatic heterocycles. The summed E-state index contributed by atoms with van der Waals surface area (Å²) in [6.45, 7) is 0.456. The highest BCUT2D eigenvalue weighted by molar-refractivity contribution is 9.10. The quantitative estimate of drug-likeness (QED) is 0.872. The van der Waals surface area contributed by atoms with Crippen molar-refractivity contribution < 1.29 is 9.18 Å². The summed E-state index contributed by atoms with van der Waals surface area (Å²) in [7, 11) is 1.68. The molecule has 0 unspecified atom stereocenters. The largest absolute Gasteiger partial charge is 0.396 e. The number of carbonyl (C=O) groups excluding carboxylic acids is 1. The summed E-state index contributed by atoms with van der Waals surface area (Å²) in [5.74, 6) is -0.820. The number of hydrogen-bond acceptors (Lipinski definition) is 2. The van der Waals surface area contributed by atoms with E-state index in [9.17, 15) is 9.18 Å². The second kappa shape index (κ2) is 6.05. The van der Waals surface area contributed by atoms with Gasteiger partial charge in [0.1, 0.15) is 5.82 Å². The monoisotopic (exact) mass is 336 g/mol. The molecule has 0 aromatic heterocycles. The minimum absolute atomic E-state index is 0.0390. The third kappa shape index (κ3) is 3.36. The van der Waals surface area contributed by atoms with Crippen molar-refractivity contribution in [2.45, 2.75) is 6.54 Å². The summed E-state index contributed by atoms with van der Waals surface area (Å²) in [6, 6.07) is 11.8. The van der Waals surface area contributed by atoms with E-state index in [1.807, 2.05) is 24.3 Å². The average Bonchev–Trinajstić information content (AvgIpc) is 2.43. The standard InChI is InChI=1S/C15H14BrFN2O/c1-19(9-10-2-5-12(16)6-3-10)15(20)11-4-7-14(18)13(17)8-11/h2-8H,9,18H2,1H3. The van der Waals surface area contributed by atoms with Crippen LogP contribution in [-0.2, 0) is 6.54 Å². The van der Waals surface area contributed by atoms with Crippen molar-refractivity contribution in [3.63, 3.8) is 0 Å². The van der Waals surface area contributed by atoms with Crippen LogP contribution in [0.5, 0.6) is 0 Å². The fraction of sp³-hybridized carbons (Fsp3) is 0.133. The molecule has 0 aliphatic rings. The Bertz CT molecular complexity index is 628. The Morgan fingerprint density at radius 3 is 2.50 bits per heavy atom. The fourth-order valence-electron chi connectivity index (χ4n) is 1.82. The van der Waals surface area contributed by atoms with Crippen LogP contribution >= 0.6 is 15.9 Å². The van der Waals surface area contributed by atoms with Gasteiger partial charge in [0.25, 0.3) is 5.91 Å². The highest BCUT2D eigenvalue weighted by atomic mass is 79.9. The van der Waals surface area contributed by atoms with Crippen LogP contribution < -0.4 is 5.73 Å². The highest BCUT2D eigenvalue weighted by Crippen LogP contribution is 2.16. The number of halogens is 2. The van der Waals surface area contributed by atoms with Gasteiger partial charge in [0, 0.05) is 23.6 Å². The minimum Gasteiger partial charge on any atom is -0.396 e. The van der Waals surface area contributed by atoms with Crippen LogP contribution in [0.2, 0.25) is 0 Å². The van der Waals surface area contributed by atoms with Crippen LogP contribution in [0.3, 0.4) is 0 Å². The van der Waals surface area contributed by atoms with E-state index in [1.165, 1.54) is 17.0 Å². The molecule has 2 N–H and O–H groups in total. The number of hydrogen-bond donors (Lipinski definition) is 1. The molecule has 0 saturated heterocycles. The van der Waals surface area contributed by atoms with Gasteiger partial charge in [0.2, 0.25) is 0 Å². The van der Waals surface area contributed by atoms with E-state index in [-0.39, 0.29) is 17.2 Å². The van der Waals surface area contributed by atoms with Gasteiger partial charge in [0.15, 0.2) is 0 Å². The predicted molar refractivity (Wildman–Crippen MR) is 80.8 cm³/mol. The molecule has 0 spiro atoms. The first-order chi connectivity index (χ1) is 9.47. The van der Waals surface area contributed by atoms with E-state index in [0.29, 0.717) is 6.54 Å². The molecule has 0 bridgehead atoms. The lowest BCUT2D eigenvalue weighted by atomic mass is 10.1. The van der Waals surface area contributed by atoms with Gasteiger partial charge >= 0.3 is 0 Å². The molecule has 3 nitrogen and oxygen atoms in total. The molecule has 0 atom stereocenters. The Balaban J connectivity index is 2.11. The lowest BCUT2D eigenvalue weighted by Crippen LogP contribution is -2.26. The fourth-order valence-corrected chi connectivity index (χ4v) is 2.08. The molecule has 5 heteroatoms. The van der Waals surface area contributed by atoms with Gasteiger partial charge in [-0.3, -0.25) is 4.79 Å². The predicted octanol–water partition coefficient (Wildman–Crippen LogP) is 3.44. The van der Waals surface area contributed by atoms with Crippen LogP contribution in [0.15, 0.2) is 46.9 Å². The third-order valence-electron chi connectivity index (χ3n) is 2.93.